The van der Waals surface area contributed by atoms with Crippen LogP contribution in [-0.4, -0.2) is 58.9 Å². The van der Waals surface area contributed by atoms with Crippen LogP contribution in [0, 0.1) is 5.92 Å². The van der Waals surface area contributed by atoms with Crippen molar-refractivity contribution in [1.29, 1.82) is 0 Å². The third-order valence-corrected chi connectivity index (χ3v) is 3.79. The van der Waals surface area contributed by atoms with E-state index in [4.69, 9.17) is 5.73 Å². The Morgan fingerprint density at radius 2 is 2.00 bits per heavy atom. The fourth-order valence-electron chi connectivity index (χ4n) is 2.37. The fourth-order valence-corrected chi connectivity index (χ4v) is 2.37. The molecule has 0 aromatic carbocycles. The largest absolute Gasteiger partial charge is 0.391 e. The molecule has 1 rings (SSSR count). The number of likely N-dealkylation sites (tertiary alicyclic amines) is 1. The third-order valence-electron chi connectivity index (χ3n) is 3.79. The van der Waals surface area contributed by atoms with Crippen LogP contribution in [0.15, 0.2) is 0 Å². The summed E-state index contributed by atoms with van der Waals surface area (Å²) in [5, 5.41) is 11.9. The van der Waals surface area contributed by atoms with E-state index in [-0.39, 0.29) is 11.8 Å². The summed E-state index contributed by atoms with van der Waals surface area (Å²) in [6, 6.07) is -2.25. The van der Waals surface area contributed by atoms with Crippen LogP contribution in [0.5, 0.6) is 0 Å². The zero-order chi connectivity index (χ0) is 16.2. The van der Waals surface area contributed by atoms with E-state index in [1.807, 2.05) is 13.8 Å². The molecule has 3 unspecified atom stereocenters. The molecule has 2 amide bonds. The number of aliphatic hydroxyl groups excluding tert-OH is 1. The van der Waals surface area contributed by atoms with Gasteiger partial charge in [0.2, 0.25) is 11.8 Å². The van der Waals surface area contributed by atoms with Gasteiger partial charge < -0.3 is 25.9 Å². The van der Waals surface area contributed by atoms with Crippen molar-refractivity contribution in [2.24, 2.45) is 11.7 Å². The third kappa shape index (κ3) is 4.25. The van der Waals surface area contributed by atoms with Crippen molar-refractivity contribution in [1.82, 2.24) is 10.2 Å². The molecule has 1 heterocycles. The Morgan fingerprint density at radius 1 is 1.38 bits per heavy atom. The first kappa shape index (κ1) is 17.6. The minimum absolute atomic E-state index is 0.143. The summed E-state index contributed by atoms with van der Waals surface area (Å²) >= 11 is 0. The molecule has 7 heteroatoms. The van der Waals surface area contributed by atoms with Crippen LogP contribution in [-0.2, 0) is 14.4 Å². The normalized spacial score (nSPS) is 22.8. The van der Waals surface area contributed by atoms with Gasteiger partial charge in [0.1, 0.15) is 18.4 Å². The van der Waals surface area contributed by atoms with Crippen molar-refractivity contribution in [3.05, 3.63) is 0 Å². The molecule has 0 radical (unpaired) electrons. The highest BCUT2D eigenvalue weighted by Crippen LogP contribution is 2.18. The summed E-state index contributed by atoms with van der Waals surface area (Å²) in [6.45, 7) is 5.55. The van der Waals surface area contributed by atoms with Crippen molar-refractivity contribution in [3.8, 4) is 0 Å². The Bertz CT molecular complexity index is 398. The molecular weight excluding hydrogens is 274 g/mol. The zero-order valence-electron chi connectivity index (χ0n) is 12.8. The predicted octanol–water partition coefficient (Wildman–Crippen LogP) is -0.975. The van der Waals surface area contributed by atoms with Gasteiger partial charge in [0, 0.05) is 6.54 Å². The summed E-state index contributed by atoms with van der Waals surface area (Å²) in [5.41, 5.74) is 5.57. The molecule has 0 spiro atoms. The first-order valence-electron chi connectivity index (χ1n) is 7.29. The second-order valence-corrected chi connectivity index (χ2v) is 5.87. The highest BCUT2D eigenvalue weighted by molar-refractivity contribution is 5.91. The van der Waals surface area contributed by atoms with Gasteiger partial charge in [0.05, 0.1) is 12.1 Å². The maximum absolute atomic E-state index is 12.5. The number of amides is 2. The van der Waals surface area contributed by atoms with Crippen LogP contribution in [0.2, 0.25) is 0 Å². The molecule has 1 aliphatic heterocycles. The number of rotatable bonds is 6. The minimum Gasteiger partial charge on any atom is -0.391 e. The number of carbonyl (C=O) groups excluding carboxylic acids is 3. The van der Waals surface area contributed by atoms with Crippen molar-refractivity contribution in [2.45, 2.75) is 57.8 Å². The van der Waals surface area contributed by atoms with E-state index in [1.54, 1.807) is 0 Å². The molecule has 0 bridgehead atoms. The second kappa shape index (κ2) is 7.51. The first-order valence-corrected chi connectivity index (χ1v) is 7.29. The molecular formula is C14H25N3O4. The number of nitrogens with zero attached hydrogens (tertiary/aromatic N) is 1. The van der Waals surface area contributed by atoms with Gasteiger partial charge in [-0.15, -0.1) is 0 Å². The number of carbonyl (C=O) groups is 3. The number of aliphatic hydroxyl groups is 1. The van der Waals surface area contributed by atoms with Crippen molar-refractivity contribution >= 4 is 18.1 Å². The maximum atomic E-state index is 12.5. The van der Waals surface area contributed by atoms with E-state index in [1.165, 1.54) is 11.8 Å². The average Bonchev–Trinajstić information content (AvgIpc) is 2.90. The lowest BCUT2D eigenvalue weighted by Crippen LogP contribution is -2.57. The van der Waals surface area contributed by atoms with E-state index in [9.17, 15) is 19.5 Å². The number of nitrogens with two attached hydrogens (primary N) is 1. The Morgan fingerprint density at radius 3 is 2.48 bits per heavy atom. The van der Waals surface area contributed by atoms with Gasteiger partial charge in [-0.2, -0.15) is 0 Å². The number of nitrogens with one attached hydrogen (secondary N) is 1. The summed E-state index contributed by atoms with van der Waals surface area (Å²) in [4.78, 5) is 37.0. The number of aldehydes is 1. The Hall–Kier alpha value is -1.47. The van der Waals surface area contributed by atoms with Gasteiger partial charge in [-0.05, 0) is 25.7 Å². The molecule has 1 aliphatic rings. The molecule has 7 nitrogen and oxygen atoms in total. The van der Waals surface area contributed by atoms with E-state index in [0.29, 0.717) is 13.0 Å². The predicted molar refractivity (Wildman–Crippen MR) is 77.2 cm³/mol. The van der Waals surface area contributed by atoms with Gasteiger partial charge in [0.15, 0.2) is 0 Å². The Labute approximate surface area is 124 Å². The molecule has 4 atom stereocenters. The maximum Gasteiger partial charge on any atom is 0.246 e. The zero-order valence-corrected chi connectivity index (χ0v) is 12.8. The highest BCUT2D eigenvalue weighted by Gasteiger charge is 2.36. The number of hydrogen-bond acceptors (Lipinski definition) is 5. The van der Waals surface area contributed by atoms with Crippen molar-refractivity contribution < 1.29 is 19.5 Å². The summed E-state index contributed by atoms with van der Waals surface area (Å²) in [5.74, 6) is -0.986. The fraction of sp³-hybridized carbons (Fsp3) is 0.786. The van der Waals surface area contributed by atoms with Gasteiger partial charge in [-0.3, -0.25) is 9.59 Å². The van der Waals surface area contributed by atoms with E-state index in [0.717, 1.165) is 12.7 Å². The van der Waals surface area contributed by atoms with Crippen LogP contribution in [0.25, 0.3) is 0 Å². The quantitative estimate of drug-likeness (QED) is 0.546. The average molecular weight is 299 g/mol. The van der Waals surface area contributed by atoms with Crippen LogP contribution in [0.4, 0.5) is 0 Å². The Balaban J connectivity index is 2.79. The second-order valence-electron chi connectivity index (χ2n) is 5.87. The van der Waals surface area contributed by atoms with Crippen LogP contribution in [0.3, 0.4) is 0 Å². The molecule has 1 saturated heterocycles. The SMILES string of the molecule is CC(O)C(N)C(=O)N[C@@H](C(=O)N1CCCC1C=O)C(C)C. The molecule has 4 N–H and O–H groups in total. The van der Waals surface area contributed by atoms with Crippen molar-refractivity contribution in [3.63, 3.8) is 0 Å². The van der Waals surface area contributed by atoms with E-state index >= 15 is 0 Å². The molecule has 0 aromatic heterocycles. The first-order chi connectivity index (χ1) is 9.79. The topological polar surface area (TPSA) is 113 Å². The lowest BCUT2D eigenvalue weighted by atomic mass is 10.0. The molecule has 0 aromatic rings. The van der Waals surface area contributed by atoms with Gasteiger partial charge in [-0.25, -0.2) is 0 Å². The summed E-state index contributed by atoms with van der Waals surface area (Å²) in [6.07, 6.45) is 1.20. The minimum atomic E-state index is -1.08. The smallest absolute Gasteiger partial charge is 0.246 e. The Kier molecular flexibility index (Phi) is 6.29. The molecule has 120 valence electrons. The van der Waals surface area contributed by atoms with E-state index < -0.39 is 30.1 Å². The number of hydrogen-bond donors (Lipinski definition) is 3. The molecule has 0 saturated carbocycles. The highest BCUT2D eigenvalue weighted by atomic mass is 16.3. The molecule has 21 heavy (non-hydrogen) atoms. The van der Waals surface area contributed by atoms with Gasteiger partial charge in [-0.1, -0.05) is 13.8 Å². The summed E-state index contributed by atoms with van der Waals surface area (Å²) in [7, 11) is 0. The van der Waals surface area contributed by atoms with Crippen LogP contribution >= 0.6 is 0 Å². The van der Waals surface area contributed by atoms with E-state index in [2.05, 4.69) is 5.32 Å². The lowest BCUT2D eigenvalue weighted by Gasteiger charge is -2.30. The van der Waals surface area contributed by atoms with Gasteiger partial charge in [0.25, 0.3) is 0 Å². The molecule has 0 aliphatic carbocycles. The van der Waals surface area contributed by atoms with Crippen LogP contribution in [0.1, 0.15) is 33.6 Å². The lowest BCUT2D eigenvalue weighted by molar-refractivity contribution is -0.140. The summed E-state index contributed by atoms with van der Waals surface area (Å²) < 4.78 is 0. The molecule has 1 fully saturated rings. The van der Waals surface area contributed by atoms with Gasteiger partial charge >= 0.3 is 0 Å². The monoisotopic (exact) mass is 299 g/mol. The van der Waals surface area contributed by atoms with Crippen molar-refractivity contribution in [2.75, 3.05) is 6.54 Å². The standard InChI is InChI=1S/C14H25N3O4/c1-8(2)12(16-13(20)11(15)9(3)19)14(21)17-6-4-5-10(17)7-18/h7-12,19H,4-6,15H2,1-3H3,(H,16,20)/t9?,10?,11?,12-/m1/s1. The van der Waals surface area contributed by atoms with Crippen LogP contribution < -0.4 is 11.1 Å².